The highest BCUT2D eigenvalue weighted by Gasteiger charge is 2.32. The monoisotopic (exact) mass is 296 g/mol. The van der Waals surface area contributed by atoms with Gasteiger partial charge in [0.05, 0.1) is 12.0 Å². The lowest BCUT2D eigenvalue weighted by molar-refractivity contribution is -0.160. The molecule has 0 aromatic rings. The zero-order valence-electron chi connectivity index (χ0n) is 13.7. The Morgan fingerprint density at radius 2 is 1.86 bits per heavy atom. The molecule has 0 amide bonds. The van der Waals surface area contributed by atoms with Crippen LogP contribution in [0.2, 0.25) is 0 Å². The average molecular weight is 296 g/mol. The first-order valence-electron chi connectivity index (χ1n) is 7.88. The fourth-order valence-corrected chi connectivity index (χ4v) is 2.80. The first kappa shape index (κ1) is 17.9. The largest absolute Gasteiger partial charge is 0.461 e. The van der Waals surface area contributed by atoms with Crippen LogP contribution in [0.5, 0.6) is 0 Å². The van der Waals surface area contributed by atoms with Crippen molar-refractivity contribution < 1.29 is 19.4 Å². The molecule has 4 heteroatoms. The van der Waals surface area contributed by atoms with Crippen molar-refractivity contribution in [2.45, 2.75) is 59.7 Å². The molecular weight excluding hydrogens is 268 g/mol. The van der Waals surface area contributed by atoms with Gasteiger partial charge in [-0.3, -0.25) is 9.59 Å². The van der Waals surface area contributed by atoms with Crippen molar-refractivity contribution in [3.8, 4) is 0 Å². The summed E-state index contributed by atoms with van der Waals surface area (Å²) < 4.78 is 5.52. The Labute approximate surface area is 127 Å². The first-order valence-corrected chi connectivity index (χ1v) is 7.88. The van der Waals surface area contributed by atoms with Gasteiger partial charge in [-0.05, 0) is 31.8 Å². The van der Waals surface area contributed by atoms with Gasteiger partial charge in [0.1, 0.15) is 6.10 Å². The fraction of sp³-hybridized carbons (Fsp3) is 0.765. The van der Waals surface area contributed by atoms with Gasteiger partial charge in [0.15, 0.2) is 5.78 Å². The van der Waals surface area contributed by atoms with E-state index in [0.717, 1.165) is 0 Å². The molecule has 0 fully saturated rings. The van der Waals surface area contributed by atoms with Crippen LogP contribution in [-0.2, 0) is 14.3 Å². The zero-order chi connectivity index (χ0) is 16.2. The number of aliphatic hydroxyl groups excluding tert-OH is 1. The lowest BCUT2D eigenvalue weighted by Crippen LogP contribution is -2.37. The van der Waals surface area contributed by atoms with Crippen LogP contribution in [0.4, 0.5) is 0 Å². The Hall–Kier alpha value is -1.16. The smallest absolute Gasteiger partial charge is 0.311 e. The van der Waals surface area contributed by atoms with E-state index >= 15 is 0 Å². The van der Waals surface area contributed by atoms with Crippen LogP contribution in [0.25, 0.3) is 0 Å². The molecule has 1 aliphatic rings. The van der Waals surface area contributed by atoms with Gasteiger partial charge in [0.2, 0.25) is 0 Å². The highest BCUT2D eigenvalue weighted by molar-refractivity contribution is 5.91. The van der Waals surface area contributed by atoms with Gasteiger partial charge in [0.25, 0.3) is 0 Å². The van der Waals surface area contributed by atoms with Crippen molar-refractivity contribution >= 4 is 11.8 Å². The number of esters is 1. The van der Waals surface area contributed by atoms with Gasteiger partial charge in [0, 0.05) is 11.8 Å². The summed E-state index contributed by atoms with van der Waals surface area (Å²) in [5, 5.41) is 10.3. The van der Waals surface area contributed by atoms with E-state index in [0.29, 0.717) is 12.8 Å². The molecule has 0 aromatic heterocycles. The summed E-state index contributed by atoms with van der Waals surface area (Å²) in [6.45, 7) is 9.31. The van der Waals surface area contributed by atoms with Crippen molar-refractivity contribution in [3.63, 3.8) is 0 Å². The highest BCUT2D eigenvalue weighted by atomic mass is 16.5. The van der Waals surface area contributed by atoms with Crippen LogP contribution >= 0.6 is 0 Å². The summed E-state index contributed by atoms with van der Waals surface area (Å²) in [5.74, 6) is -1.17. The maximum Gasteiger partial charge on any atom is 0.311 e. The minimum Gasteiger partial charge on any atom is -0.461 e. The van der Waals surface area contributed by atoms with Gasteiger partial charge in [-0.25, -0.2) is 0 Å². The van der Waals surface area contributed by atoms with Crippen LogP contribution in [0, 0.1) is 23.7 Å². The second-order valence-corrected chi connectivity index (χ2v) is 6.40. The molecule has 0 bridgehead atoms. The Bertz CT molecular complexity index is 402. The molecule has 0 saturated heterocycles. The van der Waals surface area contributed by atoms with Crippen molar-refractivity contribution in [2.75, 3.05) is 0 Å². The van der Waals surface area contributed by atoms with E-state index in [1.165, 1.54) is 0 Å². The minimum absolute atomic E-state index is 0.0173. The molecule has 0 saturated carbocycles. The molecule has 4 nitrogen and oxygen atoms in total. The Balaban J connectivity index is 3.04. The number of carbonyl (C=O) groups is 2. The lowest BCUT2D eigenvalue weighted by Gasteiger charge is -2.29. The third-order valence-electron chi connectivity index (χ3n) is 4.50. The molecule has 0 aromatic carbocycles. The molecule has 1 aliphatic heterocycles. The molecule has 0 radical (unpaired) electrons. The number of ether oxygens (including phenoxy) is 1. The molecule has 1 rings (SSSR count). The van der Waals surface area contributed by atoms with Crippen LogP contribution in [-0.4, -0.2) is 29.1 Å². The predicted octanol–water partition coefficient (Wildman–Crippen LogP) is 2.74. The summed E-state index contributed by atoms with van der Waals surface area (Å²) in [6.07, 6.45) is 3.61. The normalized spacial score (nSPS) is 39.3. The van der Waals surface area contributed by atoms with E-state index < -0.39 is 12.0 Å². The van der Waals surface area contributed by atoms with Crippen LogP contribution in [0.3, 0.4) is 0 Å². The van der Waals surface area contributed by atoms with Gasteiger partial charge in [-0.1, -0.05) is 33.8 Å². The fourth-order valence-electron chi connectivity index (χ4n) is 2.80. The first-order chi connectivity index (χ1) is 9.77. The number of hydrogen-bond donors (Lipinski definition) is 1. The van der Waals surface area contributed by atoms with Gasteiger partial charge in [-0.2, -0.15) is 0 Å². The number of aliphatic hydroxyl groups is 1. The van der Waals surface area contributed by atoms with Crippen molar-refractivity contribution in [3.05, 3.63) is 12.2 Å². The van der Waals surface area contributed by atoms with Crippen molar-refractivity contribution in [2.24, 2.45) is 23.7 Å². The van der Waals surface area contributed by atoms with Crippen molar-refractivity contribution in [1.29, 1.82) is 0 Å². The number of cyclic esters (lactones) is 1. The van der Waals surface area contributed by atoms with Gasteiger partial charge < -0.3 is 9.84 Å². The van der Waals surface area contributed by atoms with Crippen molar-refractivity contribution in [1.82, 2.24) is 0 Å². The summed E-state index contributed by atoms with van der Waals surface area (Å²) in [7, 11) is 0. The van der Waals surface area contributed by atoms with E-state index in [-0.39, 0.29) is 35.6 Å². The molecule has 120 valence electrons. The predicted molar refractivity (Wildman–Crippen MR) is 81.6 cm³/mol. The summed E-state index contributed by atoms with van der Waals surface area (Å²) in [5.41, 5.74) is 0. The van der Waals surface area contributed by atoms with Gasteiger partial charge in [-0.15, -0.1) is 0 Å². The van der Waals surface area contributed by atoms with E-state index in [9.17, 15) is 14.7 Å². The maximum atomic E-state index is 12.2. The average Bonchev–Trinajstić information content (AvgIpc) is 2.46. The summed E-state index contributed by atoms with van der Waals surface area (Å²) in [4.78, 5) is 24.3. The molecule has 6 unspecified atom stereocenters. The summed E-state index contributed by atoms with van der Waals surface area (Å²) in [6, 6.07) is 0. The number of allylic oxidation sites excluding steroid dienone is 1. The zero-order valence-corrected chi connectivity index (χ0v) is 13.7. The SMILES string of the molecule is CCC1OC(=O)C(C)C(O)C(C)CC(C)C(=O)C=CC1C. The molecule has 6 atom stereocenters. The molecule has 1 N–H and O–H groups in total. The van der Waals surface area contributed by atoms with E-state index in [4.69, 9.17) is 4.74 Å². The second-order valence-electron chi connectivity index (χ2n) is 6.40. The maximum absolute atomic E-state index is 12.2. The number of rotatable bonds is 1. The standard InChI is InChI=1S/C17H28O4/c1-6-15-10(2)7-8-14(18)11(3)9-12(4)16(19)13(5)17(20)21-15/h7-8,10-13,15-16,19H,6,9H2,1-5H3. The quantitative estimate of drug-likeness (QED) is 0.756. The number of carbonyl (C=O) groups excluding carboxylic acids is 2. The third kappa shape index (κ3) is 4.67. The lowest BCUT2D eigenvalue weighted by atomic mass is 9.84. The van der Waals surface area contributed by atoms with E-state index in [1.807, 2.05) is 33.8 Å². The number of hydrogen-bond acceptors (Lipinski definition) is 4. The van der Waals surface area contributed by atoms with Crippen LogP contribution in [0.15, 0.2) is 12.2 Å². The highest BCUT2D eigenvalue weighted by Crippen LogP contribution is 2.25. The molecular formula is C17H28O4. The van der Waals surface area contributed by atoms with E-state index in [1.54, 1.807) is 13.0 Å². The molecule has 0 aliphatic carbocycles. The Kier molecular flexibility index (Phi) is 6.59. The Morgan fingerprint density at radius 3 is 2.43 bits per heavy atom. The van der Waals surface area contributed by atoms with E-state index in [2.05, 4.69) is 0 Å². The van der Waals surface area contributed by atoms with Crippen LogP contribution < -0.4 is 0 Å². The van der Waals surface area contributed by atoms with Gasteiger partial charge >= 0.3 is 5.97 Å². The number of ketones is 1. The third-order valence-corrected chi connectivity index (χ3v) is 4.50. The molecule has 1 heterocycles. The molecule has 21 heavy (non-hydrogen) atoms. The second kappa shape index (κ2) is 7.74. The topological polar surface area (TPSA) is 63.6 Å². The van der Waals surface area contributed by atoms with Crippen LogP contribution in [0.1, 0.15) is 47.5 Å². The molecule has 0 spiro atoms. The minimum atomic E-state index is -0.788. The Morgan fingerprint density at radius 1 is 1.24 bits per heavy atom. The summed E-state index contributed by atoms with van der Waals surface area (Å²) >= 11 is 0.